The van der Waals surface area contributed by atoms with Crippen molar-refractivity contribution in [1.82, 2.24) is 10.3 Å². The molecule has 5 heteroatoms. The smallest absolute Gasteiger partial charge is 0.227 e. The summed E-state index contributed by atoms with van der Waals surface area (Å²) in [7, 11) is 0. The number of fused-ring (bicyclic) bond motifs is 1. The molecule has 1 aliphatic carbocycles. The van der Waals surface area contributed by atoms with Gasteiger partial charge in [0.2, 0.25) is 5.91 Å². The summed E-state index contributed by atoms with van der Waals surface area (Å²) in [4.78, 5) is 16.7. The number of hydrogen-bond acceptors (Lipinski definition) is 4. The van der Waals surface area contributed by atoms with Gasteiger partial charge in [0.05, 0.1) is 0 Å². The van der Waals surface area contributed by atoms with Crippen LogP contribution in [0.5, 0.6) is 0 Å². The molecule has 2 aliphatic rings. The van der Waals surface area contributed by atoms with Crippen LogP contribution in [-0.4, -0.2) is 24.0 Å². The van der Waals surface area contributed by atoms with E-state index in [-0.39, 0.29) is 11.8 Å². The van der Waals surface area contributed by atoms with E-state index >= 15 is 0 Å². The molecule has 1 atom stereocenters. The number of hydrogen-bond donors (Lipinski definition) is 2. The molecule has 5 nitrogen and oxygen atoms in total. The highest BCUT2D eigenvalue weighted by atomic mass is 16.3. The number of amides is 1. The summed E-state index contributed by atoms with van der Waals surface area (Å²) >= 11 is 0. The fraction of sp³-hybridized carbons (Fsp3) is 0.500. The Balaban J connectivity index is 1.51. The lowest BCUT2D eigenvalue weighted by Crippen LogP contribution is -2.48. The number of oxazole rings is 1. The summed E-state index contributed by atoms with van der Waals surface area (Å²) in [6.45, 7) is 3.85. The first-order valence-electron chi connectivity index (χ1n) is 7.63. The Bertz CT molecular complexity index is 686. The molecule has 4 rings (SSSR count). The van der Waals surface area contributed by atoms with Crippen LogP contribution in [0.1, 0.15) is 31.6 Å². The highest BCUT2D eigenvalue weighted by Crippen LogP contribution is 2.40. The van der Waals surface area contributed by atoms with Crippen LogP contribution in [0.2, 0.25) is 0 Å². The van der Waals surface area contributed by atoms with Crippen molar-refractivity contribution in [1.29, 1.82) is 0 Å². The average molecular weight is 285 g/mol. The van der Waals surface area contributed by atoms with E-state index in [1.165, 1.54) is 12.8 Å². The summed E-state index contributed by atoms with van der Waals surface area (Å²) in [5, 5.41) is 6.19. The standard InChI is InChI=1S/C16H19N3O2/c1-9(11-7-17-8-11)15(20)18-12-4-5-14-13(6-12)19-16(21-14)10-2-3-10/h4-6,9-11,17H,2-3,7-8H2,1H3,(H,18,20). The molecule has 2 fully saturated rings. The lowest BCUT2D eigenvalue weighted by atomic mass is 9.88. The number of carbonyl (C=O) groups excluding carboxylic acids is 1. The Morgan fingerprint density at radius 3 is 2.90 bits per heavy atom. The number of carbonyl (C=O) groups is 1. The maximum Gasteiger partial charge on any atom is 0.227 e. The number of aromatic nitrogens is 1. The highest BCUT2D eigenvalue weighted by molar-refractivity contribution is 5.94. The van der Waals surface area contributed by atoms with Crippen molar-refractivity contribution in [3.8, 4) is 0 Å². The average Bonchev–Trinajstić information content (AvgIpc) is 3.17. The third-order valence-electron chi connectivity index (χ3n) is 4.53. The van der Waals surface area contributed by atoms with E-state index in [0.717, 1.165) is 35.8 Å². The van der Waals surface area contributed by atoms with Gasteiger partial charge in [-0.2, -0.15) is 0 Å². The van der Waals surface area contributed by atoms with Crippen molar-refractivity contribution in [2.75, 3.05) is 18.4 Å². The minimum absolute atomic E-state index is 0.0290. The van der Waals surface area contributed by atoms with Gasteiger partial charge in [0.15, 0.2) is 11.5 Å². The van der Waals surface area contributed by atoms with Gasteiger partial charge in [0, 0.05) is 17.5 Å². The third kappa shape index (κ3) is 2.42. The SMILES string of the molecule is CC(C(=O)Nc1ccc2oc(C3CC3)nc2c1)C1CNC1. The number of nitrogens with one attached hydrogen (secondary N) is 2. The molecule has 2 N–H and O–H groups in total. The molecule has 110 valence electrons. The number of anilines is 1. The van der Waals surface area contributed by atoms with Crippen molar-refractivity contribution < 1.29 is 9.21 Å². The van der Waals surface area contributed by atoms with E-state index in [2.05, 4.69) is 15.6 Å². The topological polar surface area (TPSA) is 67.2 Å². The molecule has 0 spiro atoms. The molecule has 1 unspecified atom stereocenters. The molecule has 0 bridgehead atoms. The summed E-state index contributed by atoms with van der Waals surface area (Å²) in [6.07, 6.45) is 2.34. The van der Waals surface area contributed by atoms with Crippen LogP contribution in [0.15, 0.2) is 22.6 Å². The van der Waals surface area contributed by atoms with Gasteiger partial charge in [-0.25, -0.2) is 4.98 Å². The first-order valence-corrected chi connectivity index (χ1v) is 7.63. The summed E-state index contributed by atoms with van der Waals surface area (Å²) in [5.41, 5.74) is 2.42. The van der Waals surface area contributed by atoms with Crippen LogP contribution in [-0.2, 0) is 4.79 Å². The van der Waals surface area contributed by atoms with Crippen LogP contribution in [0.4, 0.5) is 5.69 Å². The molecule has 1 saturated carbocycles. The van der Waals surface area contributed by atoms with E-state index in [1.54, 1.807) is 0 Å². The Morgan fingerprint density at radius 2 is 2.24 bits per heavy atom. The van der Waals surface area contributed by atoms with Crippen molar-refractivity contribution in [3.05, 3.63) is 24.1 Å². The molecular weight excluding hydrogens is 266 g/mol. The van der Waals surface area contributed by atoms with Crippen LogP contribution in [0, 0.1) is 11.8 Å². The van der Waals surface area contributed by atoms with E-state index in [9.17, 15) is 4.79 Å². The van der Waals surface area contributed by atoms with Crippen LogP contribution < -0.4 is 10.6 Å². The lowest BCUT2D eigenvalue weighted by Gasteiger charge is -2.31. The highest BCUT2D eigenvalue weighted by Gasteiger charge is 2.30. The first kappa shape index (κ1) is 12.8. The quantitative estimate of drug-likeness (QED) is 0.905. The van der Waals surface area contributed by atoms with Gasteiger partial charge in [-0.3, -0.25) is 4.79 Å². The van der Waals surface area contributed by atoms with Crippen molar-refractivity contribution in [3.63, 3.8) is 0 Å². The zero-order chi connectivity index (χ0) is 14.4. The zero-order valence-corrected chi connectivity index (χ0v) is 12.1. The Labute approximate surface area is 123 Å². The van der Waals surface area contributed by atoms with Gasteiger partial charge in [-0.05, 0) is 50.0 Å². The van der Waals surface area contributed by atoms with E-state index in [0.29, 0.717) is 11.8 Å². The van der Waals surface area contributed by atoms with Crippen LogP contribution in [0.25, 0.3) is 11.1 Å². The maximum absolute atomic E-state index is 12.2. The molecule has 2 heterocycles. The van der Waals surface area contributed by atoms with Crippen molar-refractivity contribution in [2.45, 2.75) is 25.7 Å². The van der Waals surface area contributed by atoms with Crippen molar-refractivity contribution >= 4 is 22.7 Å². The van der Waals surface area contributed by atoms with E-state index in [4.69, 9.17) is 4.42 Å². The second-order valence-electron chi connectivity index (χ2n) is 6.21. The summed E-state index contributed by atoms with van der Waals surface area (Å²) in [6, 6.07) is 5.67. The van der Waals surface area contributed by atoms with Gasteiger partial charge in [-0.15, -0.1) is 0 Å². The van der Waals surface area contributed by atoms with Gasteiger partial charge in [-0.1, -0.05) is 6.92 Å². The molecule has 21 heavy (non-hydrogen) atoms. The monoisotopic (exact) mass is 285 g/mol. The van der Waals surface area contributed by atoms with Gasteiger partial charge >= 0.3 is 0 Å². The largest absolute Gasteiger partial charge is 0.440 e. The number of benzene rings is 1. The Kier molecular flexibility index (Phi) is 2.96. The van der Waals surface area contributed by atoms with E-state index in [1.807, 2.05) is 25.1 Å². The molecule has 1 saturated heterocycles. The maximum atomic E-state index is 12.2. The van der Waals surface area contributed by atoms with E-state index < -0.39 is 0 Å². The molecule has 1 aliphatic heterocycles. The van der Waals surface area contributed by atoms with Gasteiger partial charge in [0.25, 0.3) is 0 Å². The van der Waals surface area contributed by atoms with Gasteiger partial charge in [0.1, 0.15) is 5.52 Å². The third-order valence-corrected chi connectivity index (χ3v) is 4.53. The predicted molar refractivity (Wildman–Crippen MR) is 80.1 cm³/mol. The molecular formula is C16H19N3O2. The molecule has 1 aromatic carbocycles. The molecule has 1 amide bonds. The number of rotatable bonds is 4. The molecule has 0 radical (unpaired) electrons. The van der Waals surface area contributed by atoms with Crippen LogP contribution >= 0.6 is 0 Å². The first-order chi connectivity index (χ1) is 10.2. The lowest BCUT2D eigenvalue weighted by molar-refractivity contribution is -0.121. The Morgan fingerprint density at radius 1 is 1.43 bits per heavy atom. The zero-order valence-electron chi connectivity index (χ0n) is 12.1. The molecule has 1 aromatic heterocycles. The second-order valence-corrected chi connectivity index (χ2v) is 6.21. The normalized spacial score (nSPS) is 20.2. The number of nitrogens with zero attached hydrogens (tertiary/aromatic N) is 1. The minimum atomic E-state index is 0.0290. The minimum Gasteiger partial charge on any atom is -0.440 e. The summed E-state index contributed by atoms with van der Waals surface area (Å²) in [5.74, 6) is 1.89. The van der Waals surface area contributed by atoms with Crippen molar-refractivity contribution in [2.24, 2.45) is 11.8 Å². The summed E-state index contributed by atoms with van der Waals surface area (Å²) < 4.78 is 5.73. The fourth-order valence-electron chi connectivity index (χ4n) is 2.66. The Hall–Kier alpha value is -1.88. The van der Waals surface area contributed by atoms with Crippen LogP contribution in [0.3, 0.4) is 0 Å². The predicted octanol–water partition coefficient (Wildman–Crippen LogP) is 2.50. The second kappa shape index (κ2) is 4.84. The molecule has 2 aromatic rings. The van der Waals surface area contributed by atoms with Gasteiger partial charge < -0.3 is 15.1 Å². The fourth-order valence-corrected chi connectivity index (χ4v) is 2.66.